The van der Waals surface area contributed by atoms with Gasteiger partial charge >= 0.3 is 5.97 Å². The maximum absolute atomic E-state index is 13.6. The zero-order valence-corrected chi connectivity index (χ0v) is 26.0. The van der Waals surface area contributed by atoms with E-state index in [1.165, 1.54) is 48.5 Å². The first-order valence-corrected chi connectivity index (χ1v) is 15.3. The van der Waals surface area contributed by atoms with Crippen LogP contribution >= 0.6 is 0 Å². The summed E-state index contributed by atoms with van der Waals surface area (Å²) in [7, 11) is 0. The van der Waals surface area contributed by atoms with Gasteiger partial charge < -0.3 is 35.2 Å². The Morgan fingerprint density at radius 1 is 0.796 bits per heavy atom. The standard InChI is InChI=1S/C36H33F2N3O8/c37-24-8-12-26(13-9-24)41-33(29(35(41)45)18-19-48-27-16-10-25(38)11-17-27)23-6-14-28(15-7-23)49-21-31(43)40-32(22-4-2-1-3-5-22)34(44)39-30(20-42)36(46)47/h1-17,29-30,32-33,42H,18-21H2,(H,39,44)(H,40,43)(H,46,47)/t29?,30-,32+,33?/m0/s1. The van der Waals surface area contributed by atoms with Crippen LogP contribution in [0.25, 0.3) is 0 Å². The summed E-state index contributed by atoms with van der Waals surface area (Å²) < 4.78 is 38.3. The largest absolute Gasteiger partial charge is 0.494 e. The second-order valence-corrected chi connectivity index (χ2v) is 11.2. The fourth-order valence-corrected chi connectivity index (χ4v) is 5.43. The number of nitrogens with zero attached hydrogens (tertiary/aromatic N) is 1. The second kappa shape index (κ2) is 15.8. The predicted octanol–water partition coefficient (Wildman–Crippen LogP) is 3.94. The third kappa shape index (κ3) is 8.56. The van der Waals surface area contributed by atoms with Crippen molar-refractivity contribution in [2.45, 2.75) is 24.5 Å². The van der Waals surface area contributed by atoms with Gasteiger partial charge in [0.15, 0.2) is 6.61 Å². The molecule has 11 nitrogen and oxygen atoms in total. The van der Waals surface area contributed by atoms with E-state index < -0.39 is 66.7 Å². The minimum atomic E-state index is -1.56. The van der Waals surface area contributed by atoms with E-state index in [-0.39, 0.29) is 12.5 Å². The molecule has 4 aromatic carbocycles. The summed E-state index contributed by atoms with van der Waals surface area (Å²) in [4.78, 5) is 51.9. The van der Waals surface area contributed by atoms with E-state index in [0.29, 0.717) is 29.2 Å². The number of aliphatic hydroxyl groups is 1. The molecule has 0 radical (unpaired) electrons. The van der Waals surface area contributed by atoms with Crippen LogP contribution < -0.4 is 25.0 Å². The molecule has 1 heterocycles. The lowest BCUT2D eigenvalue weighted by molar-refractivity contribution is -0.143. The highest BCUT2D eigenvalue weighted by atomic mass is 19.1. The van der Waals surface area contributed by atoms with Crippen LogP contribution in [0.15, 0.2) is 103 Å². The maximum Gasteiger partial charge on any atom is 0.328 e. The van der Waals surface area contributed by atoms with E-state index in [1.807, 2.05) is 0 Å². The van der Waals surface area contributed by atoms with Gasteiger partial charge in [-0.15, -0.1) is 0 Å². The molecule has 4 aromatic rings. The number of carbonyl (C=O) groups is 4. The van der Waals surface area contributed by atoms with Gasteiger partial charge in [-0.05, 0) is 78.2 Å². The van der Waals surface area contributed by atoms with Crippen molar-refractivity contribution < 1.29 is 47.6 Å². The number of aliphatic hydroxyl groups excluding tert-OH is 1. The van der Waals surface area contributed by atoms with Crippen LogP contribution in [0.5, 0.6) is 11.5 Å². The first-order chi connectivity index (χ1) is 23.6. The molecule has 0 aromatic heterocycles. The summed E-state index contributed by atoms with van der Waals surface area (Å²) in [6.07, 6.45) is 0.360. The minimum Gasteiger partial charge on any atom is -0.494 e. The van der Waals surface area contributed by atoms with Crippen molar-refractivity contribution in [3.63, 3.8) is 0 Å². The van der Waals surface area contributed by atoms with Crippen LogP contribution in [0, 0.1) is 17.6 Å². The summed E-state index contributed by atoms with van der Waals surface area (Å²) in [6.45, 7) is -1.12. The first kappa shape index (κ1) is 34.5. The highest BCUT2D eigenvalue weighted by Crippen LogP contribution is 2.45. The molecule has 0 saturated carbocycles. The lowest BCUT2D eigenvalue weighted by Crippen LogP contribution is -2.55. The van der Waals surface area contributed by atoms with Gasteiger partial charge in [0.2, 0.25) is 11.8 Å². The highest BCUT2D eigenvalue weighted by Gasteiger charge is 2.48. The molecule has 1 aliphatic rings. The Labute approximate surface area is 280 Å². The number of aliphatic carboxylic acids is 1. The van der Waals surface area contributed by atoms with Crippen molar-refractivity contribution >= 4 is 29.4 Å². The Balaban J connectivity index is 1.24. The zero-order valence-electron chi connectivity index (χ0n) is 26.0. The van der Waals surface area contributed by atoms with Gasteiger partial charge in [0.25, 0.3) is 5.91 Å². The van der Waals surface area contributed by atoms with E-state index in [0.717, 1.165) is 5.56 Å². The van der Waals surface area contributed by atoms with Crippen LogP contribution in [0.3, 0.4) is 0 Å². The molecule has 0 aliphatic carbocycles. The molecule has 1 fully saturated rings. The van der Waals surface area contributed by atoms with Gasteiger partial charge in [-0.3, -0.25) is 14.4 Å². The van der Waals surface area contributed by atoms with Gasteiger partial charge in [0.05, 0.1) is 25.2 Å². The van der Waals surface area contributed by atoms with E-state index >= 15 is 0 Å². The minimum absolute atomic E-state index is 0.165. The number of β-lactam (4-membered cyclic amide) rings is 1. The lowest BCUT2D eigenvalue weighted by Gasteiger charge is -2.47. The number of carbonyl (C=O) groups excluding carboxylic acids is 3. The monoisotopic (exact) mass is 673 g/mol. The van der Waals surface area contributed by atoms with E-state index in [4.69, 9.17) is 9.47 Å². The van der Waals surface area contributed by atoms with Crippen molar-refractivity contribution in [3.8, 4) is 11.5 Å². The molecule has 5 rings (SSSR count). The van der Waals surface area contributed by atoms with E-state index in [9.17, 15) is 38.2 Å². The Bertz CT molecular complexity index is 1760. The summed E-state index contributed by atoms with van der Waals surface area (Å²) in [5.74, 6) is -3.60. The molecule has 49 heavy (non-hydrogen) atoms. The molecular weight excluding hydrogens is 640 g/mol. The average Bonchev–Trinajstić information content (AvgIpc) is 3.11. The van der Waals surface area contributed by atoms with Crippen LogP contribution in [0.4, 0.5) is 14.5 Å². The van der Waals surface area contributed by atoms with Crippen molar-refractivity contribution in [1.82, 2.24) is 10.6 Å². The topological polar surface area (TPSA) is 154 Å². The predicted molar refractivity (Wildman–Crippen MR) is 173 cm³/mol. The van der Waals surface area contributed by atoms with E-state index in [1.54, 1.807) is 59.5 Å². The number of amides is 3. The molecule has 2 unspecified atom stereocenters. The van der Waals surface area contributed by atoms with Gasteiger partial charge in [0, 0.05) is 5.69 Å². The van der Waals surface area contributed by atoms with Crippen LogP contribution in [-0.2, 0) is 19.2 Å². The van der Waals surface area contributed by atoms with Gasteiger partial charge in [-0.2, -0.15) is 0 Å². The fourth-order valence-electron chi connectivity index (χ4n) is 5.43. The molecule has 0 spiro atoms. The SMILES string of the molecule is O=C(COc1ccc(C2C(CCOc3ccc(F)cc3)C(=O)N2c2ccc(F)cc2)cc1)N[C@@H](C(=O)N[C@@H](CO)C(=O)O)c1ccccc1. The number of rotatable bonds is 15. The van der Waals surface area contributed by atoms with Gasteiger partial charge in [-0.1, -0.05) is 42.5 Å². The Hall–Kier alpha value is -5.82. The van der Waals surface area contributed by atoms with Crippen LogP contribution in [0.1, 0.15) is 29.6 Å². The smallest absolute Gasteiger partial charge is 0.328 e. The van der Waals surface area contributed by atoms with Gasteiger partial charge in [0.1, 0.15) is 35.2 Å². The number of hydrogen-bond donors (Lipinski definition) is 4. The second-order valence-electron chi connectivity index (χ2n) is 11.2. The quantitative estimate of drug-likeness (QED) is 0.139. The average molecular weight is 674 g/mol. The molecular formula is C36H33F2N3O8. The van der Waals surface area contributed by atoms with E-state index in [2.05, 4.69) is 10.6 Å². The number of carboxylic acid groups (broad SMARTS) is 1. The van der Waals surface area contributed by atoms with Crippen LogP contribution in [-0.4, -0.2) is 59.8 Å². The highest BCUT2D eigenvalue weighted by molar-refractivity contribution is 6.03. The molecule has 1 saturated heterocycles. The first-order valence-electron chi connectivity index (χ1n) is 15.3. The molecule has 254 valence electrons. The van der Waals surface area contributed by atoms with Crippen molar-refractivity contribution in [2.75, 3.05) is 24.7 Å². The van der Waals surface area contributed by atoms with Crippen molar-refractivity contribution in [3.05, 3.63) is 126 Å². The van der Waals surface area contributed by atoms with Crippen molar-refractivity contribution in [1.29, 1.82) is 0 Å². The molecule has 13 heteroatoms. The summed E-state index contributed by atoms with van der Waals surface area (Å²) >= 11 is 0. The Morgan fingerprint density at radius 3 is 2.00 bits per heavy atom. The number of nitrogens with one attached hydrogen (secondary N) is 2. The third-order valence-corrected chi connectivity index (χ3v) is 7.92. The third-order valence-electron chi connectivity index (χ3n) is 7.92. The fraction of sp³-hybridized carbons (Fsp3) is 0.222. The number of carboxylic acids is 1. The normalized spacial score (nSPS) is 16.6. The Morgan fingerprint density at radius 2 is 1.39 bits per heavy atom. The summed E-state index contributed by atoms with van der Waals surface area (Å²) in [5.41, 5.74) is 1.66. The summed E-state index contributed by atoms with van der Waals surface area (Å²) in [6, 6.07) is 22.9. The molecule has 1 aliphatic heterocycles. The summed E-state index contributed by atoms with van der Waals surface area (Å²) in [5, 5.41) is 23.3. The number of halogens is 2. The number of hydrogen-bond acceptors (Lipinski definition) is 7. The van der Waals surface area contributed by atoms with Gasteiger partial charge in [-0.25, -0.2) is 13.6 Å². The number of benzene rings is 4. The molecule has 4 atom stereocenters. The number of ether oxygens (including phenoxy) is 2. The lowest BCUT2D eigenvalue weighted by atomic mass is 9.80. The zero-order chi connectivity index (χ0) is 34.9. The van der Waals surface area contributed by atoms with Crippen molar-refractivity contribution in [2.24, 2.45) is 5.92 Å². The molecule has 3 amide bonds. The number of anilines is 1. The van der Waals surface area contributed by atoms with Crippen LogP contribution in [0.2, 0.25) is 0 Å². The maximum atomic E-state index is 13.6. The molecule has 0 bridgehead atoms. The Kier molecular flexibility index (Phi) is 11.2. The molecule has 4 N–H and O–H groups in total.